The van der Waals surface area contributed by atoms with E-state index in [2.05, 4.69) is 10.6 Å². The normalized spacial score (nSPS) is 10.3. The summed E-state index contributed by atoms with van der Waals surface area (Å²) < 4.78 is 0. The standard InChI is InChI=1S/C19H14Cl2N2O2/c20-15-10-13(11-16(21)18(15)24)23-19(25)14-8-4-5-9-17(14)22-12-6-2-1-3-7-12/h1-11,22,24H,(H,23,25). The number of anilines is 3. The molecule has 0 saturated heterocycles. The second-order valence-electron chi connectivity index (χ2n) is 5.28. The molecule has 0 spiro atoms. The molecule has 3 N–H and O–H groups in total. The third-order valence-corrected chi connectivity index (χ3v) is 4.08. The first kappa shape index (κ1) is 17.1. The fourth-order valence-electron chi connectivity index (χ4n) is 2.30. The Bertz CT molecular complexity index is 891. The zero-order valence-electron chi connectivity index (χ0n) is 13.0. The number of benzene rings is 3. The van der Waals surface area contributed by atoms with Crippen LogP contribution in [0.1, 0.15) is 10.4 Å². The maximum atomic E-state index is 12.6. The minimum Gasteiger partial charge on any atom is -0.505 e. The van der Waals surface area contributed by atoms with Gasteiger partial charge >= 0.3 is 0 Å². The average Bonchev–Trinajstić information content (AvgIpc) is 2.61. The van der Waals surface area contributed by atoms with E-state index in [0.717, 1.165) is 5.69 Å². The fraction of sp³-hybridized carbons (Fsp3) is 0. The van der Waals surface area contributed by atoms with Crippen molar-refractivity contribution in [1.82, 2.24) is 0 Å². The number of nitrogens with one attached hydrogen (secondary N) is 2. The number of para-hydroxylation sites is 2. The lowest BCUT2D eigenvalue weighted by Gasteiger charge is -2.13. The van der Waals surface area contributed by atoms with Crippen molar-refractivity contribution in [2.75, 3.05) is 10.6 Å². The van der Waals surface area contributed by atoms with Crippen LogP contribution in [0.5, 0.6) is 5.75 Å². The first-order valence-electron chi connectivity index (χ1n) is 7.45. The molecule has 0 bridgehead atoms. The van der Waals surface area contributed by atoms with Crippen LogP contribution in [0.15, 0.2) is 66.7 Å². The Morgan fingerprint density at radius 3 is 2.12 bits per heavy atom. The average molecular weight is 373 g/mol. The molecule has 3 aromatic rings. The first-order chi connectivity index (χ1) is 12.0. The number of rotatable bonds is 4. The third kappa shape index (κ3) is 4.05. The van der Waals surface area contributed by atoms with Crippen LogP contribution in [0.25, 0.3) is 0 Å². The molecule has 126 valence electrons. The number of phenolic OH excluding ortho intramolecular Hbond substituents is 1. The van der Waals surface area contributed by atoms with E-state index < -0.39 is 0 Å². The number of hydrogen-bond acceptors (Lipinski definition) is 3. The molecule has 0 aliphatic rings. The molecule has 0 aliphatic heterocycles. The molecule has 0 saturated carbocycles. The van der Waals surface area contributed by atoms with E-state index in [1.807, 2.05) is 42.5 Å². The van der Waals surface area contributed by atoms with Gasteiger partial charge in [0.1, 0.15) is 0 Å². The number of carbonyl (C=O) groups is 1. The maximum Gasteiger partial charge on any atom is 0.257 e. The van der Waals surface area contributed by atoms with Crippen molar-refractivity contribution in [2.45, 2.75) is 0 Å². The Kier molecular flexibility index (Phi) is 5.12. The van der Waals surface area contributed by atoms with E-state index in [4.69, 9.17) is 23.2 Å². The largest absolute Gasteiger partial charge is 0.505 e. The van der Waals surface area contributed by atoms with Gasteiger partial charge in [0.15, 0.2) is 5.75 Å². The Balaban J connectivity index is 1.85. The molecular formula is C19H14Cl2N2O2. The molecule has 1 amide bonds. The van der Waals surface area contributed by atoms with Gasteiger partial charge in [-0.15, -0.1) is 0 Å². The summed E-state index contributed by atoms with van der Waals surface area (Å²) >= 11 is 11.8. The molecule has 6 heteroatoms. The van der Waals surface area contributed by atoms with Crippen LogP contribution in [0, 0.1) is 0 Å². The van der Waals surface area contributed by atoms with Crippen molar-refractivity contribution in [1.29, 1.82) is 0 Å². The highest BCUT2D eigenvalue weighted by molar-refractivity contribution is 6.37. The molecule has 0 fully saturated rings. The summed E-state index contributed by atoms with van der Waals surface area (Å²) in [5.74, 6) is -0.538. The summed E-state index contributed by atoms with van der Waals surface area (Å²) in [7, 11) is 0. The van der Waals surface area contributed by atoms with Crippen LogP contribution in [-0.4, -0.2) is 11.0 Å². The van der Waals surface area contributed by atoms with E-state index in [1.54, 1.807) is 12.1 Å². The number of halogens is 2. The second-order valence-corrected chi connectivity index (χ2v) is 6.09. The zero-order chi connectivity index (χ0) is 17.8. The van der Waals surface area contributed by atoms with Gasteiger partial charge in [0.2, 0.25) is 0 Å². The highest BCUT2D eigenvalue weighted by atomic mass is 35.5. The number of aromatic hydroxyl groups is 1. The smallest absolute Gasteiger partial charge is 0.257 e. The van der Waals surface area contributed by atoms with Crippen LogP contribution < -0.4 is 10.6 Å². The van der Waals surface area contributed by atoms with Crippen molar-refractivity contribution in [3.05, 3.63) is 82.3 Å². The van der Waals surface area contributed by atoms with E-state index >= 15 is 0 Å². The topological polar surface area (TPSA) is 61.4 Å². The molecule has 0 atom stereocenters. The molecule has 0 aromatic heterocycles. The lowest BCUT2D eigenvalue weighted by Crippen LogP contribution is -2.13. The van der Waals surface area contributed by atoms with Gasteiger partial charge in [-0.1, -0.05) is 53.5 Å². The highest BCUT2D eigenvalue weighted by Crippen LogP contribution is 2.35. The summed E-state index contributed by atoms with van der Waals surface area (Å²) in [5, 5.41) is 15.7. The summed E-state index contributed by atoms with van der Waals surface area (Å²) in [6.45, 7) is 0. The molecular weight excluding hydrogens is 359 g/mol. The molecule has 0 unspecified atom stereocenters. The number of carbonyl (C=O) groups excluding carboxylic acids is 1. The van der Waals surface area contributed by atoms with Gasteiger partial charge in [-0.25, -0.2) is 0 Å². The Morgan fingerprint density at radius 2 is 1.44 bits per heavy atom. The van der Waals surface area contributed by atoms with Crippen LogP contribution in [-0.2, 0) is 0 Å². The lowest BCUT2D eigenvalue weighted by atomic mass is 10.1. The number of phenols is 1. The van der Waals surface area contributed by atoms with Gasteiger partial charge in [-0.2, -0.15) is 0 Å². The minimum atomic E-state index is -0.322. The van der Waals surface area contributed by atoms with E-state index in [1.165, 1.54) is 12.1 Å². The van der Waals surface area contributed by atoms with Gasteiger partial charge < -0.3 is 15.7 Å². The van der Waals surface area contributed by atoms with Crippen molar-refractivity contribution < 1.29 is 9.90 Å². The quantitative estimate of drug-likeness (QED) is 0.515. The molecule has 4 nitrogen and oxygen atoms in total. The van der Waals surface area contributed by atoms with Gasteiger partial charge in [0.05, 0.1) is 21.3 Å². The third-order valence-electron chi connectivity index (χ3n) is 3.50. The van der Waals surface area contributed by atoms with Crippen LogP contribution in [0.2, 0.25) is 10.0 Å². The van der Waals surface area contributed by atoms with Crippen LogP contribution in [0.4, 0.5) is 17.1 Å². The van der Waals surface area contributed by atoms with Crippen molar-refractivity contribution in [2.24, 2.45) is 0 Å². The SMILES string of the molecule is O=C(Nc1cc(Cl)c(O)c(Cl)c1)c1ccccc1Nc1ccccc1. The molecule has 3 aromatic carbocycles. The predicted molar refractivity (Wildman–Crippen MR) is 102 cm³/mol. The highest BCUT2D eigenvalue weighted by Gasteiger charge is 2.13. The Morgan fingerprint density at radius 1 is 0.840 bits per heavy atom. The summed E-state index contributed by atoms with van der Waals surface area (Å²) in [6.07, 6.45) is 0. The monoisotopic (exact) mass is 372 g/mol. The molecule has 0 heterocycles. The van der Waals surface area contributed by atoms with E-state index in [9.17, 15) is 9.90 Å². The molecule has 0 aliphatic carbocycles. The second kappa shape index (κ2) is 7.47. The van der Waals surface area contributed by atoms with Crippen LogP contribution in [0.3, 0.4) is 0 Å². The van der Waals surface area contributed by atoms with Gasteiger partial charge in [0.25, 0.3) is 5.91 Å². The summed E-state index contributed by atoms with van der Waals surface area (Å²) in [5.41, 5.74) is 2.40. The summed E-state index contributed by atoms with van der Waals surface area (Å²) in [6, 6.07) is 19.6. The van der Waals surface area contributed by atoms with Gasteiger partial charge in [-0.3, -0.25) is 4.79 Å². The maximum absolute atomic E-state index is 12.6. The minimum absolute atomic E-state index is 0.0681. The molecule has 0 radical (unpaired) electrons. The van der Waals surface area contributed by atoms with Crippen molar-refractivity contribution in [3.63, 3.8) is 0 Å². The molecule has 25 heavy (non-hydrogen) atoms. The fourth-order valence-corrected chi connectivity index (χ4v) is 2.79. The van der Waals surface area contributed by atoms with Crippen LogP contribution >= 0.6 is 23.2 Å². The van der Waals surface area contributed by atoms with Crippen molar-refractivity contribution in [3.8, 4) is 5.75 Å². The predicted octanol–water partition coefficient (Wildman–Crippen LogP) is 5.69. The Hall–Kier alpha value is -2.69. The lowest BCUT2D eigenvalue weighted by molar-refractivity contribution is 0.102. The molecule has 3 rings (SSSR count). The van der Waals surface area contributed by atoms with E-state index in [-0.39, 0.29) is 21.7 Å². The first-order valence-corrected chi connectivity index (χ1v) is 8.20. The number of amides is 1. The van der Waals surface area contributed by atoms with Gasteiger partial charge in [0, 0.05) is 11.4 Å². The van der Waals surface area contributed by atoms with Crippen molar-refractivity contribution >= 4 is 46.2 Å². The van der Waals surface area contributed by atoms with E-state index in [0.29, 0.717) is 16.9 Å². The zero-order valence-corrected chi connectivity index (χ0v) is 14.5. The van der Waals surface area contributed by atoms with Gasteiger partial charge in [-0.05, 0) is 36.4 Å². The number of hydrogen-bond donors (Lipinski definition) is 3. The Labute approximate surface area is 155 Å². The summed E-state index contributed by atoms with van der Waals surface area (Å²) in [4.78, 5) is 12.6.